The van der Waals surface area contributed by atoms with Gasteiger partial charge in [-0.1, -0.05) is 18.2 Å². The Bertz CT molecular complexity index is 1220. The number of furan rings is 1. The minimum Gasteiger partial charge on any atom is -0.497 e. The summed E-state index contributed by atoms with van der Waals surface area (Å²) in [7, 11) is 1.60. The summed E-state index contributed by atoms with van der Waals surface area (Å²) in [4.78, 5) is 15.4. The van der Waals surface area contributed by atoms with E-state index >= 15 is 0 Å². The third kappa shape index (κ3) is 3.84. The van der Waals surface area contributed by atoms with Gasteiger partial charge in [0.25, 0.3) is 5.91 Å². The molecule has 1 aliphatic heterocycles. The molecule has 0 saturated carbocycles. The first kappa shape index (κ1) is 19.2. The molecule has 156 valence electrons. The van der Waals surface area contributed by atoms with E-state index < -0.39 is 0 Å². The topological polar surface area (TPSA) is 98.6 Å². The van der Waals surface area contributed by atoms with Crippen LogP contribution in [0.3, 0.4) is 0 Å². The number of hydrogen-bond donors (Lipinski definition) is 0. The Kier molecular flexibility index (Phi) is 5.04. The van der Waals surface area contributed by atoms with Gasteiger partial charge in [0.1, 0.15) is 24.1 Å². The van der Waals surface area contributed by atoms with Crippen molar-refractivity contribution in [3.8, 4) is 17.1 Å². The van der Waals surface area contributed by atoms with Crippen LogP contribution in [0.2, 0.25) is 0 Å². The molecule has 4 heterocycles. The standard InChI is InChI=1S/C21H18N6O3S/c1-29-15-6-2-5-14(11-15)21-22-25-26(24-21)13-20(28)27-17(18-7-3-9-30-18)12-16(23-27)19-8-4-10-31-19/h2-11,17H,12-13H2,1H3/t17-/m1/s1. The van der Waals surface area contributed by atoms with Crippen LogP contribution in [0.25, 0.3) is 11.4 Å². The van der Waals surface area contributed by atoms with E-state index in [4.69, 9.17) is 9.15 Å². The van der Waals surface area contributed by atoms with E-state index in [1.807, 2.05) is 47.8 Å². The van der Waals surface area contributed by atoms with Crippen LogP contribution in [0.15, 0.2) is 69.7 Å². The number of methoxy groups -OCH3 is 1. The van der Waals surface area contributed by atoms with Crippen LogP contribution in [0.1, 0.15) is 23.1 Å². The summed E-state index contributed by atoms with van der Waals surface area (Å²) in [6.07, 6.45) is 2.18. The molecule has 0 spiro atoms. The number of aromatic nitrogens is 4. The number of hydrogen-bond acceptors (Lipinski definition) is 8. The van der Waals surface area contributed by atoms with Crippen molar-refractivity contribution in [1.29, 1.82) is 0 Å². The van der Waals surface area contributed by atoms with Crippen LogP contribution < -0.4 is 4.74 Å². The molecule has 0 bridgehead atoms. The molecule has 1 aliphatic rings. The molecule has 0 radical (unpaired) electrons. The summed E-state index contributed by atoms with van der Waals surface area (Å²) in [6.45, 7) is -0.0879. The SMILES string of the molecule is COc1cccc(-c2nnn(CC(=O)N3N=C(c4cccs4)C[C@@H]3c3ccco3)n2)c1. The van der Waals surface area contributed by atoms with Crippen LogP contribution in [0, 0.1) is 0 Å². The summed E-state index contributed by atoms with van der Waals surface area (Å²) in [5.74, 6) is 1.55. The monoisotopic (exact) mass is 434 g/mol. The Morgan fingerprint density at radius 1 is 1.26 bits per heavy atom. The van der Waals surface area contributed by atoms with Crippen LogP contribution in [0.4, 0.5) is 0 Å². The molecule has 1 amide bonds. The number of tetrazole rings is 1. The van der Waals surface area contributed by atoms with Crippen molar-refractivity contribution >= 4 is 23.0 Å². The number of carbonyl (C=O) groups is 1. The first-order valence-electron chi connectivity index (χ1n) is 9.60. The number of benzene rings is 1. The number of rotatable bonds is 6. The molecule has 0 unspecified atom stereocenters. The molecule has 3 aromatic heterocycles. The van der Waals surface area contributed by atoms with E-state index in [1.165, 1.54) is 9.81 Å². The van der Waals surface area contributed by atoms with E-state index in [2.05, 4.69) is 20.5 Å². The maximum atomic E-state index is 13.1. The summed E-state index contributed by atoms with van der Waals surface area (Å²) in [5, 5.41) is 20.5. The third-order valence-corrected chi connectivity index (χ3v) is 5.82. The first-order valence-corrected chi connectivity index (χ1v) is 10.5. The molecule has 1 atom stereocenters. The molecule has 0 N–H and O–H groups in total. The van der Waals surface area contributed by atoms with Gasteiger partial charge < -0.3 is 9.15 Å². The lowest BCUT2D eigenvalue weighted by Crippen LogP contribution is -2.31. The summed E-state index contributed by atoms with van der Waals surface area (Å²) in [5.41, 5.74) is 1.61. The first-order chi connectivity index (χ1) is 15.2. The second kappa shape index (κ2) is 8.15. The highest BCUT2D eigenvalue weighted by molar-refractivity contribution is 7.12. The maximum Gasteiger partial charge on any atom is 0.267 e. The van der Waals surface area contributed by atoms with Crippen molar-refractivity contribution in [2.75, 3.05) is 7.11 Å². The van der Waals surface area contributed by atoms with Crippen molar-refractivity contribution in [3.63, 3.8) is 0 Å². The number of nitrogens with zero attached hydrogens (tertiary/aromatic N) is 6. The fraction of sp³-hybridized carbons (Fsp3) is 0.190. The lowest BCUT2D eigenvalue weighted by atomic mass is 10.1. The van der Waals surface area contributed by atoms with Gasteiger partial charge in [0, 0.05) is 12.0 Å². The molecule has 0 fully saturated rings. The van der Waals surface area contributed by atoms with Crippen molar-refractivity contribution in [1.82, 2.24) is 25.2 Å². The highest BCUT2D eigenvalue weighted by atomic mass is 32.1. The smallest absolute Gasteiger partial charge is 0.267 e. The Hall–Kier alpha value is -3.79. The highest BCUT2D eigenvalue weighted by Gasteiger charge is 2.35. The van der Waals surface area contributed by atoms with Crippen LogP contribution in [-0.4, -0.2) is 43.9 Å². The van der Waals surface area contributed by atoms with E-state index in [9.17, 15) is 4.79 Å². The van der Waals surface area contributed by atoms with Gasteiger partial charge in [0.05, 0.1) is 24.0 Å². The minimum absolute atomic E-state index is 0.0879. The second-order valence-electron chi connectivity index (χ2n) is 6.87. The van der Waals surface area contributed by atoms with Crippen LogP contribution in [0.5, 0.6) is 5.75 Å². The van der Waals surface area contributed by atoms with Gasteiger partial charge in [-0.25, -0.2) is 5.01 Å². The number of amides is 1. The number of thiophene rings is 1. The average molecular weight is 434 g/mol. The molecular formula is C21H18N6O3S. The third-order valence-electron chi connectivity index (χ3n) is 4.90. The predicted octanol–water partition coefficient (Wildman–Crippen LogP) is 3.38. The normalized spacial score (nSPS) is 15.8. The quantitative estimate of drug-likeness (QED) is 0.461. The Morgan fingerprint density at radius 3 is 2.97 bits per heavy atom. The summed E-state index contributed by atoms with van der Waals surface area (Å²) in [6, 6.07) is 14.7. The number of hydrazone groups is 1. The molecule has 9 nitrogen and oxygen atoms in total. The van der Waals surface area contributed by atoms with E-state index in [0.29, 0.717) is 23.8 Å². The van der Waals surface area contributed by atoms with Crippen molar-refractivity contribution in [3.05, 3.63) is 70.8 Å². The highest BCUT2D eigenvalue weighted by Crippen LogP contribution is 2.34. The largest absolute Gasteiger partial charge is 0.497 e. The minimum atomic E-state index is -0.305. The zero-order valence-electron chi connectivity index (χ0n) is 16.6. The van der Waals surface area contributed by atoms with Gasteiger partial charge in [-0.05, 0) is 40.9 Å². The lowest BCUT2D eigenvalue weighted by molar-refractivity contribution is -0.134. The van der Waals surface area contributed by atoms with Gasteiger partial charge in [0.2, 0.25) is 5.82 Å². The maximum absolute atomic E-state index is 13.1. The van der Waals surface area contributed by atoms with Gasteiger partial charge in [-0.3, -0.25) is 4.79 Å². The number of carbonyl (C=O) groups excluding carboxylic acids is 1. The molecule has 10 heteroatoms. The van der Waals surface area contributed by atoms with E-state index in [1.54, 1.807) is 30.8 Å². The Labute approximate surface area is 181 Å². The van der Waals surface area contributed by atoms with E-state index in [-0.39, 0.29) is 18.5 Å². The van der Waals surface area contributed by atoms with Gasteiger partial charge in [0.15, 0.2) is 0 Å². The van der Waals surface area contributed by atoms with Crippen LogP contribution >= 0.6 is 11.3 Å². The molecule has 0 aliphatic carbocycles. The van der Waals surface area contributed by atoms with Crippen molar-refractivity contribution in [2.24, 2.45) is 5.10 Å². The molecule has 4 aromatic rings. The van der Waals surface area contributed by atoms with Gasteiger partial charge >= 0.3 is 0 Å². The molecule has 5 rings (SSSR count). The lowest BCUT2D eigenvalue weighted by Gasteiger charge is -2.19. The Morgan fingerprint density at radius 2 is 2.19 bits per heavy atom. The van der Waals surface area contributed by atoms with Crippen molar-refractivity contribution < 1.29 is 13.9 Å². The zero-order chi connectivity index (χ0) is 21.2. The average Bonchev–Trinajstić information content (AvgIpc) is 3.59. The second-order valence-corrected chi connectivity index (χ2v) is 7.82. The van der Waals surface area contributed by atoms with E-state index in [0.717, 1.165) is 16.2 Å². The zero-order valence-corrected chi connectivity index (χ0v) is 17.4. The molecular weight excluding hydrogens is 416 g/mol. The Balaban J connectivity index is 1.37. The summed E-state index contributed by atoms with van der Waals surface area (Å²) < 4.78 is 10.8. The molecule has 0 saturated heterocycles. The van der Waals surface area contributed by atoms with Crippen molar-refractivity contribution in [2.45, 2.75) is 19.0 Å². The fourth-order valence-corrected chi connectivity index (χ4v) is 4.14. The fourth-order valence-electron chi connectivity index (χ4n) is 3.42. The molecule has 1 aromatic carbocycles. The predicted molar refractivity (Wildman–Crippen MR) is 114 cm³/mol. The van der Waals surface area contributed by atoms with Gasteiger partial charge in [-0.2, -0.15) is 9.90 Å². The summed E-state index contributed by atoms with van der Waals surface area (Å²) >= 11 is 1.59. The molecule has 31 heavy (non-hydrogen) atoms. The van der Waals surface area contributed by atoms with Gasteiger partial charge in [-0.15, -0.1) is 21.5 Å². The van der Waals surface area contributed by atoms with Crippen LogP contribution in [-0.2, 0) is 11.3 Å². The number of ether oxygens (including phenoxy) is 1.